The van der Waals surface area contributed by atoms with E-state index in [1.807, 2.05) is 6.92 Å². The van der Waals surface area contributed by atoms with Crippen LogP contribution >= 0.6 is 0 Å². The number of rotatable bonds is 2. The number of nitrogens with one attached hydrogen (secondary N) is 1. The minimum atomic E-state index is -0.663. The van der Waals surface area contributed by atoms with Crippen molar-refractivity contribution in [1.29, 1.82) is 0 Å². The van der Waals surface area contributed by atoms with Gasteiger partial charge in [-0.2, -0.15) is 0 Å². The van der Waals surface area contributed by atoms with E-state index in [9.17, 15) is 5.11 Å². The second-order valence-electron chi connectivity index (χ2n) is 5.53. The first kappa shape index (κ1) is 13.4. The molecule has 0 radical (unpaired) electrons. The van der Waals surface area contributed by atoms with Gasteiger partial charge in [0, 0.05) is 31.9 Å². The first-order valence-electron chi connectivity index (χ1n) is 6.80. The Hall–Kier alpha value is -1.06. The molecule has 1 saturated heterocycles. The van der Waals surface area contributed by atoms with E-state index in [0.29, 0.717) is 13.1 Å². The second kappa shape index (κ2) is 5.29. The monoisotopic (exact) mass is 248 g/mol. The first-order valence-corrected chi connectivity index (χ1v) is 6.80. The minimum Gasteiger partial charge on any atom is -0.387 e. The summed E-state index contributed by atoms with van der Waals surface area (Å²) in [6.45, 7) is 9.48. The van der Waals surface area contributed by atoms with E-state index in [1.165, 1.54) is 16.8 Å². The molecule has 1 fully saturated rings. The Bertz CT molecular complexity index is 415. The van der Waals surface area contributed by atoms with Crippen molar-refractivity contribution in [1.82, 2.24) is 5.32 Å². The van der Waals surface area contributed by atoms with Crippen molar-refractivity contribution in [3.63, 3.8) is 0 Å². The number of hydrogen-bond donors (Lipinski definition) is 2. The Morgan fingerprint density at radius 2 is 2.22 bits per heavy atom. The number of anilines is 1. The maximum Gasteiger partial charge on any atom is 0.0917 e. The van der Waals surface area contributed by atoms with Crippen molar-refractivity contribution in [2.75, 3.05) is 31.1 Å². The third-order valence-electron chi connectivity index (χ3n) is 3.61. The van der Waals surface area contributed by atoms with E-state index in [-0.39, 0.29) is 0 Å². The molecule has 1 atom stereocenters. The van der Waals surface area contributed by atoms with Crippen LogP contribution in [0, 0.1) is 6.92 Å². The van der Waals surface area contributed by atoms with E-state index in [0.717, 1.165) is 19.5 Å². The number of benzene rings is 1. The minimum absolute atomic E-state index is 0.663. The topological polar surface area (TPSA) is 35.5 Å². The van der Waals surface area contributed by atoms with Gasteiger partial charge in [0.2, 0.25) is 0 Å². The molecule has 0 amide bonds. The van der Waals surface area contributed by atoms with Crippen molar-refractivity contribution in [3.8, 4) is 0 Å². The molecule has 100 valence electrons. The average molecular weight is 248 g/mol. The van der Waals surface area contributed by atoms with Crippen LogP contribution in [0.3, 0.4) is 0 Å². The molecule has 1 aromatic rings. The van der Waals surface area contributed by atoms with Crippen molar-refractivity contribution >= 4 is 5.69 Å². The quantitative estimate of drug-likeness (QED) is 0.836. The lowest BCUT2D eigenvalue weighted by Crippen LogP contribution is -2.43. The molecule has 3 nitrogen and oxygen atoms in total. The molecule has 1 aliphatic rings. The second-order valence-corrected chi connectivity index (χ2v) is 5.53. The Morgan fingerprint density at radius 3 is 2.94 bits per heavy atom. The van der Waals surface area contributed by atoms with Gasteiger partial charge in [0.25, 0.3) is 0 Å². The highest BCUT2D eigenvalue weighted by Crippen LogP contribution is 2.27. The SMILES string of the molecule is CCc1cccc(C)c1N1CCNCC(C)(O)C1. The molecular formula is C15H24N2O. The van der Waals surface area contributed by atoms with Gasteiger partial charge in [-0.05, 0) is 31.4 Å². The maximum absolute atomic E-state index is 10.3. The van der Waals surface area contributed by atoms with Gasteiger partial charge < -0.3 is 15.3 Å². The fourth-order valence-corrected chi connectivity index (χ4v) is 2.77. The highest BCUT2D eigenvalue weighted by Gasteiger charge is 2.27. The highest BCUT2D eigenvalue weighted by molar-refractivity contribution is 5.59. The van der Waals surface area contributed by atoms with Gasteiger partial charge >= 0.3 is 0 Å². The molecule has 0 spiro atoms. The van der Waals surface area contributed by atoms with Crippen LogP contribution in [0.5, 0.6) is 0 Å². The summed E-state index contributed by atoms with van der Waals surface area (Å²) in [6, 6.07) is 6.46. The van der Waals surface area contributed by atoms with Gasteiger partial charge in [0.15, 0.2) is 0 Å². The van der Waals surface area contributed by atoms with Crippen LogP contribution in [0.25, 0.3) is 0 Å². The third-order valence-corrected chi connectivity index (χ3v) is 3.61. The number of para-hydroxylation sites is 1. The number of aliphatic hydroxyl groups is 1. The molecular weight excluding hydrogens is 224 g/mol. The standard InChI is InChI=1S/C15H24N2O/c1-4-13-7-5-6-12(2)14(13)17-9-8-16-10-15(3,18)11-17/h5-7,16,18H,4,8-11H2,1-3H3. The van der Waals surface area contributed by atoms with Crippen LogP contribution in [-0.2, 0) is 6.42 Å². The van der Waals surface area contributed by atoms with Gasteiger partial charge in [0.05, 0.1) is 5.60 Å². The van der Waals surface area contributed by atoms with Crippen molar-refractivity contribution in [2.45, 2.75) is 32.8 Å². The molecule has 1 aromatic carbocycles. The van der Waals surface area contributed by atoms with Gasteiger partial charge in [0.1, 0.15) is 0 Å². The molecule has 2 N–H and O–H groups in total. The van der Waals surface area contributed by atoms with Crippen LogP contribution in [0.15, 0.2) is 18.2 Å². The third kappa shape index (κ3) is 2.85. The number of aryl methyl sites for hydroxylation is 2. The molecule has 18 heavy (non-hydrogen) atoms. The first-order chi connectivity index (χ1) is 8.53. The van der Waals surface area contributed by atoms with Crippen LogP contribution in [0.2, 0.25) is 0 Å². The average Bonchev–Trinajstić information content (AvgIpc) is 2.49. The molecule has 0 aliphatic carbocycles. The highest BCUT2D eigenvalue weighted by atomic mass is 16.3. The summed E-state index contributed by atoms with van der Waals surface area (Å²) >= 11 is 0. The Morgan fingerprint density at radius 1 is 1.44 bits per heavy atom. The lowest BCUT2D eigenvalue weighted by Gasteiger charge is -2.32. The van der Waals surface area contributed by atoms with Gasteiger partial charge in [-0.15, -0.1) is 0 Å². The summed E-state index contributed by atoms with van der Waals surface area (Å²) < 4.78 is 0. The van der Waals surface area contributed by atoms with Gasteiger partial charge in [-0.1, -0.05) is 25.1 Å². The van der Waals surface area contributed by atoms with Crippen molar-refractivity contribution in [2.24, 2.45) is 0 Å². The van der Waals surface area contributed by atoms with Gasteiger partial charge in [-0.3, -0.25) is 0 Å². The zero-order chi connectivity index (χ0) is 13.2. The Kier molecular flexibility index (Phi) is 3.93. The normalized spacial score (nSPS) is 25.0. The van der Waals surface area contributed by atoms with Crippen LogP contribution in [0.4, 0.5) is 5.69 Å². The summed E-state index contributed by atoms with van der Waals surface area (Å²) in [7, 11) is 0. The lowest BCUT2D eigenvalue weighted by molar-refractivity contribution is 0.0729. The zero-order valence-electron chi connectivity index (χ0n) is 11.7. The van der Waals surface area contributed by atoms with E-state index in [4.69, 9.17) is 0 Å². The fourth-order valence-electron chi connectivity index (χ4n) is 2.77. The zero-order valence-corrected chi connectivity index (χ0v) is 11.7. The molecule has 1 unspecified atom stereocenters. The predicted molar refractivity (Wildman–Crippen MR) is 76.3 cm³/mol. The largest absolute Gasteiger partial charge is 0.387 e. The molecule has 0 bridgehead atoms. The smallest absolute Gasteiger partial charge is 0.0917 e. The van der Waals surface area contributed by atoms with E-state index < -0.39 is 5.60 Å². The van der Waals surface area contributed by atoms with Crippen LogP contribution < -0.4 is 10.2 Å². The molecule has 0 aromatic heterocycles. The van der Waals surface area contributed by atoms with Gasteiger partial charge in [-0.25, -0.2) is 0 Å². The number of hydrogen-bond acceptors (Lipinski definition) is 3. The van der Waals surface area contributed by atoms with Crippen molar-refractivity contribution in [3.05, 3.63) is 29.3 Å². The molecule has 1 aliphatic heterocycles. The predicted octanol–water partition coefficient (Wildman–Crippen LogP) is 1.72. The van der Waals surface area contributed by atoms with Crippen LogP contribution in [-0.4, -0.2) is 36.9 Å². The Labute approximate surface area is 110 Å². The lowest BCUT2D eigenvalue weighted by atomic mass is 10.0. The van der Waals surface area contributed by atoms with E-state index >= 15 is 0 Å². The maximum atomic E-state index is 10.3. The molecule has 2 rings (SSSR count). The summed E-state index contributed by atoms with van der Waals surface area (Å²) in [5.74, 6) is 0. The number of nitrogens with zero attached hydrogens (tertiary/aromatic N) is 1. The molecule has 3 heteroatoms. The van der Waals surface area contributed by atoms with Crippen LogP contribution in [0.1, 0.15) is 25.0 Å². The molecule has 0 saturated carbocycles. The summed E-state index contributed by atoms with van der Waals surface area (Å²) in [6.07, 6.45) is 1.03. The van der Waals surface area contributed by atoms with E-state index in [2.05, 4.69) is 42.3 Å². The number of β-amino-alcohol motifs (C(OH)–C–C–N with tert-alkyl or cyclic N) is 1. The summed E-state index contributed by atoms with van der Waals surface area (Å²) in [5, 5.41) is 13.6. The van der Waals surface area contributed by atoms with Crippen molar-refractivity contribution < 1.29 is 5.11 Å². The summed E-state index contributed by atoms with van der Waals surface area (Å²) in [4.78, 5) is 2.33. The molecule has 1 heterocycles. The fraction of sp³-hybridized carbons (Fsp3) is 0.600. The summed E-state index contributed by atoms with van der Waals surface area (Å²) in [5.41, 5.74) is 3.31. The van der Waals surface area contributed by atoms with E-state index in [1.54, 1.807) is 0 Å². The Balaban J connectivity index is 2.35.